The molecule has 5 nitrogen and oxygen atoms in total. The molecular weight excluding hydrogens is 359 g/mol. The normalized spacial score (nSPS) is 14.7. The third kappa shape index (κ3) is 4.16. The molecule has 140 valence electrons. The first-order chi connectivity index (χ1) is 12.8. The van der Waals surface area contributed by atoms with E-state index in [9.17, 15) is 22.8 Å². The Balaban J connectivity index is 1.83. The molecule has 27 heavy (non-hydrogen) atoms. The van der Waals surface area contributed by atoms with Gasteiger partial charge in [0.1, 0.15) is 5.71 Å². The van der Waals surface area contributed by atoms with Gasteiger partial charge in [0.15, 0.2) is 0 Å². The molecule has 2 aromatic carbocycles. The highest BCUT2D eigenvalue weighted by atomic mass is 19.4. The van der Waals surface area contributed by atoms with Gasteiger partial charge in [-0.1, -0.05) is 24.3 Å². The predicted molar refractivity (Wildman–Crippen MR) is 95.4 cm³/mol. The van der Waals surface area contributed by atoms with E-state index in [0.29, 0.717) is 5.69 Å². The Hall–Kier alpha value is -3.16. The number of amides is 2. The summed E-state index contributed by atoms with van der Waals surface area (Å²) in [5.41, 5.74) is -0.137. The molecule has 1 N–H and O–H groups in total. The second kappa shape index (κ2) is 7.22. The van der Waals surface area contributed by atoms with Crippen molar-refractivity contribution in [2.24, 2.45) is 5.10 Å². The Morgan fingerprint density at radius 3 is 2.48 bits per heavy atom. The van der Waals surface area contributed by atoms with Gasteiger partial charge in [-0.2, -0.15) is 18.3 Å². The van der Waals surface area contributed by atoms with Crippen molar-refractivity contribution in [1.82, 2.24) is 0 Å². The minimum Gasteiger partial charge on any atom is -0.321 e. The third-order valence-corrected chi connectivity index (χ3v) is 4.10. The molecule has 0 bridgehead atoms. The van der Waals surface area contributed by atoms with Crippen molar-refractivity contribution in [3.05, 3.63) is 59.7 Å². The van der Waals surface area contributed by atoms with Crippen molar-refractivity contribution >= 4 is 28.9 Å². The van der Waals surface area contributed by atoms with Crippen LogP contribution in [-0.4, -0.2) is 17.5 Å². The van der Waals surface area contributed by atoms with Crippen LogP contribution in [0.5, 0.6) is 0 Å². The lowest BCUT2D eigenvalue weighted by atomic mass is 10.1. The van der Waals surface area contributed by atoms with Gasteiger partial charge < -0.3 is 5.32 Å². The number of para-hydroxylation sites is 1. The van der Waals surface area contributed by atoms with Crippen molar-refractivity contribution in [2.75, 3.05) is 10.3 Å². The van der Waals surface area contributed by atoms with Crippen LogP contribution in [0.2, 0.25) is 0 Å². The number of anilines is 2. The van der Waals surface area contributed by atoms with Crippen LogP contribution in [0.25, 0.3) is 0 Å². The maximum Gasteiger partial charge on any atom is 0.416 e. The minimum absolute atomic E-state index is 0.0174. The molecule has 3 rings (SSSR count). The first kappa shape index (κ1) is 18.6. The van der Waals surface area contributed by atoms with E-state index in [1.807, 2.05) is 0 Å². The SMILES string of the molecule is Cc1ccc(NC(=O)C2=NN(c3ccccc3)C(=O)CC2)cc1C(F)(F)F. The second-order valence-corrected chi connectivity index (χ2v) is 6.07. The van der Waals surface area contributed by atoms with Crippen LogP contribution in [0.4, 0.5) is 24.5 Å². The Morgan fingerprint density at radius 1 is 1.11 bits per heavy atom. The Labute approximate surface area is 153 Å². The van der Waals surface area contributed by atoms with Gasteiger partial charge in [0.2, 0.25) is 5.91 Å². The molecule has 0 aromatic heterocycles. The fourth-order valence-electron chi connectivity index (χ4n) is 2.70. The van der Waals surface area contributed by atoms with Crippen molar-refractivity contribution < 1.29 is 22.8 Å². The van der Waals surface area contributed by atoms with Crippen LogP contribution in [0.3, 0.4) is 0 Å². The quantitative estimate of drug-likeness (QED) is 0.877. The highest BCUT2D eigenvalue weighted by Crippen LogP contribution is 2.33. The summed E-state index contributed by atoms with van der Waals surface area (Å²) >= 11 is 0. The van der Waals surface area contributed by atoms with E-state index in [0.717, 1.165) is 11.1 Å². The fourth-order valence-corrected chi connectivity index (χ4v) is 2.70. The van der Waals surface area contributed by atoms with E-state index in [1.54, 1.807) is 30.3 Å². The third-order valence-electron chi connectivity index (χ3n) is 4.10. The van der Waals surface area contributed by atoms with E-state index in [1.165, 1.54) is 19.1 Å². The van der Waals surface area contributed by atoms with Gasteiger partial charge >= 0.3 is 6.18 Å². The van der Waals surface area contributed by atoms with Crippen LogP contribution >= 0.6 is 0 Å². The Morgan fingerprint density at radius 2 is 1.81 bits per heavy atom. The first-order valence-electron chi connectivity index (χ1n) is 8.20. The molecule has 0 radical (unpaired) electrons. The van der Waals surface area contributed by atoms with E-state index >= 15 is 0 Å². The number of rotatable bonds is 3. The number of hydrogen-bond donors (Lipinski definition) is 1. The van der Waals surface area contributed by atoms with Crippen LogP contribution in [0.15, 0.2) is 53.6 Å². The van der Waals surface area contributed by atoms with Crippen LogP contribution in [-0.2, 0) is 15.8 Å². The number of hydrazone groups is 1. The zero-order valence-electron chi connectivity index (χ0n) is 14.4. The fraction of sp³-hybridized carbons (Fsp3) is 0.211. The number of benzene rings is 2. The molecule has 0 atom stereocenters. The lowest BCUT2D eigenvalue weighted by molar-refractivity contribution is -0.138. The zero-order chi connectivity index (χ0) is 19.6. The maximum atomic E-state index is 13.0. The van der Waals surface area contributed by atoms with E-state index in [4.69, 9.17) is 0 Å². The summed E-state index contributed by atoms with van der Waals surface area (Å²) in [6, 6.07) is 12.2. The van der Waals surface area contributed by atoms with Gasteiger partial charge in [-0.15, -0.1) is 0 Å². The smallest absolute Gasteiger partial charge is 0.321 e. The number of halogens is 3. The van der Waals surface area contributed by atoms with Gasteiger partial charge in [-0.25, -0.2) is 5.01 Å². The summed E-state index contributed by atoms with van der Waals surface area (Å²) in [6.45, 7) is 1.35. The Kier molecular flexibility index (Phi) is 4.98. The number of nitrogens with one attached hydrogen (secondary N) is 1. The van der Waals surface area contributed by atoms with Gasteiger partial charge in [0.25, 0.3) is 5.91 Å². The monoisotopic (exact) mass is 375 g/mol. The second-order valence-electron chi connectivity index (χ2n) is 6.07. The average Bonchev–Trinajstić information content (AvgIpc) is 2.63. The topological polar surface area (TPSA) is 61.8 Å². The summed E-state index contributed by atoms with van der Waals surface area (Å²) in [7, 11) is 0. The van der Waals surface area contributed by atoms with Crippen LogP contribution in [0, 0.1) is 6.92 Å². The lowest BCUT2D eigenvalue weighted by Gasteiger charge is -2.23. The number of hydrogen-bond acceptors (Lipinski definition) is 3. The molecule has 1 heterocycles. The summed E-state index contributed by atoms with van der Waals surface area (Å²) in [5.74, 6) is -0.896. The molecule has 1 aliphatic heterocycles. The molecule has 1 aliphatic rings. The van der Waals surface area contributed by atoms with E-state index in [2.05, 4.69) is 10.4 Å². The lowest BCUT2D eigenvalue weighted by Crippen LogP contribution is -2.36. The average molecular weight is 375 g/mol. The molecule has 0 fully saturated rings. The molecular formula is C19H16F3N3O2. The molecule has 2 aromatic rings. The molecule has 0 spiro atoms. The number of nitrogens with zero attached hydrogens (tertiary/aromatic N) is 2. The molecule has 2 amide bonds. The van der Waals surface area contributed by atoms with Crippen molar-refractivity contribution in [3.63, 3.8) is 0 Å². The maximum absolute atomic E-state index is 13.0. The first-order valence-corrected chi connectivity index (χ1v) is 8.20. The number of alkyl halides is 3. The Bertz CT molecular complexity index is 908. The van der Waals surface area contributed by atoms with Gasteiger partial charge in [-0.05, 0) is 36.8 Å². The minimum atomic E-state index is -4.51. The van der Waals surface area contributed by atoms with Crippen LogP contribution in [0.1, 0.15) is 24.0 Å². The number of carbonyl (C=O) groups is 2. The van der Waals surface area contributed by atoms with Gasteiger partial charge in [-0.3, -0.25) is 9.59 Å². The molecule has 8 heteroatoms. The predicted octanol–water partition coefficient (Wildman–Crippen LogP) is 4.14. The van der Waals surface area contributed by atoms with E-state index < -0.39 is 17.6 Å². The largest absolute Gasteiger partial charge is 0.416 e. The highest BCUT2D eigenvalue weighted by molar-refractivity contribution is 6.44. The summed E-state index contributed by atoms with van der Waals surface area (Å²) in [6.07, 6.45) is -4.31. The number of aryl methyl sites for hydroxylation is 1. The summed E-state index contributed by atoms with van der Waals surface area (Å²) in [5, 5.41) is 7.65. The van der Waals surface area contributed by atoms with Crippen LogP contribution < -0.4 is 10.3 Å². The summed E-state index contributed by atoms with van der Waals surface area (Å²) < 4.78 is 39.1. The van der Waals surface area contributed by atoms with Crippen molar-refractivity contribution in [3.8, 4) is 0 Å². The molecule has 0 aliphatic carbocycles. The van der Waals surface area contributed by atoms with Crippen molar-refractivity contribution in [2.45, 2.75) is 25.9 Å². The summed E-state index contributed by atoms with van der Waals surface area (Å²) in [4.78, 5) is 24.5. The number of carbonyl (C=O) groups excluding carboxylic acids is 2. The standard InChI is InChI=1S/C19H16F3N3O2/c1-12-7-8-13(11-15(12)19(20,21)22)23-18(27)16-9-10-17(26)25(24-16)14-5-3-2-4-6-14/h2-8,11H,9-10H2,1H3,(H,23,27). The van der Waals surface area contributed by atoms with Crippen molar-refractivity contribution in [1.29, 1.82) is 0 Å². The highest BCUT2D eigenvalue weighted by Gasteiger charge is 2.33. The van der Waals surface area contributed by atoms with E-state index in [-0.39, 0.29) is 35.7 Å². The zero-order valence-corrected chi connectivity index (χ0v) is 14.4. The molecule has 0 unspecified atom stereocenters. The molecule has 0 saturated carbocycles. The van der Waals surface area contributed by atoms with Gasteiger partial charge in [0, 0.05) is 18.5 Å². The molecule has 0 saturated heterocycles. The van der Waals surface area contributed by atoms with Gasteiger partial charge in [0.05, 0.1) is 11.3 Å².